The predicted octanol–water partition coefficient (Wildman–Crippen LogP) is 1.65. The van der Waals surface area contributed by atoms with Crippen LogP contribution in [0.3, 0.4) is 0 Å². The Morgan fingerprint density at radius 2 is 2.04 bits per heavy atom. The third kappa shape index (κ3) is 5.80. The molecule has 0 spiro atoms. The van der Waals surface area contributed by atoms with Crippen molar-refractivity contribution in [3.8, 4) is 0 Å². The van der Waals surface area contributed by atoms with E-state index in [4.69, 9.17) is 4.74 Å². The SMILES string of the molecule is CC(C)(C)OC(=O)NCC(O)C(O)c1ccc(F)c([N+](=O)[O-])c1. The van der Waals surface area contributed by atoms with Crippen LogP contribution in [0.4, 0.5) is 14.9 Å². The Labute approximate surface area is 132 Å². The molecule has 0 aliphatic carbocycles. The minimum absolute atomic E-state index is 0.0448. The maximum Gasteiger partial charge on any atom is 0.407 e. The molecule has 2 atom stereocenters. The minimum Gasteiger partial charge on any atom is -0.444 e. The number of carbonyl (C=O) groups is 1. The number of nitrogens with zero attached hydrogens (tertiary/aromatic N) is 1. The lowest BCUT2D eigenvalue weighted by Gasteiger charge is -2.22. The van der Waals surface area contributed by atoms with Gasteiger partial charge in [0, 0.05) is 12.6 Å². The van der Waals surface area contributed by atoms with Gasteiger partial charge in [-0.05, 0) is 32.4 Å². The summed E-state index contributed by atoms with van der Waals surface area (Å²) in [5.74, 6) is -1.05. The van der Waals surface area contributed by atoms with Gasteiger partial charge in [-0.2, -0.15) is 4.39 Å². The molecule has 9 heteroatoms. The van der Waals surface area contributed by atoms with Gasteiger partial charge in [-0.15, -0.1) is 0 Å². The first-order valence-corrected chi connectivity index (χ1v) is 6.78. The third-order valence-electron chi connectivity index (χ3n) is 2.73. The number of rotatable bonds is 5. The van der Waals surface area contributed by atoms with Crippen LogP contribution < -0.4 is 5.32 Å². The fourth-order valence-electron chi connectivity index (χ4n) is 1.69. The fraction of sp³-hybridized carbons (Fsp3) is 0.500. The van der Waals surface area contributed by atoms with E-state index in [0.29, 0.717) is 0 Å². The fourth-order valence-corrected chi connectivity index (χ4v) is 1.69. The van der Waals surface area contributed by atoms with Gasteiger partial charge in [-0.25, -0.2) is 4.79 Å². The number of carbonyl (C=O) groups excluding carboxylic acids is 1. The van der Waals surface area contributed by atoms with Gasteiger partial charge in [0.2, 0.25) is 5.82 Å². The van der Waals surface area contributed by atoms with Crippen LogP contribution in [0.1, 0.15) is 32.4 Å². The van der Waals surface area contributed by atoms with Crippen LogP contribution >= 0.6 is 0 Å². The number of hydrogen-bond acceptors (Lipinski definition) is 6. The summed E-state index contributed by atoms with van der Waals surface area (Å²) in [4.78, 5) is 21.2. The summed E-state index contributed by atoms with van der Waals surface area (Å²) < 4.78 is 18.2. The number of amides is 1. The number of benzene rings is 1. The maximum atomic E-state index is 13.2. The summed E-state index contributed by atoms with van der Waals surface area (Å²) in [6.45, 7) is 4.64. The van der Waals surface area contributed by atoms with Gasteiger partial charge in [0.1, 0.15) is 17.8 Å². The number of nitro benzene ring substituents is 1. The molecule has 0 aromatic heterocycles. The third-order valence-corrected chi connectivity index (χ3v) is 2.73. The van der Waals surface area contributed by atoms with Crippen LogP contribution in [0.2, 0.25) is 0 Å². The molecule has 0 radical (unpaired) electrons. The Kier molecular flexibility index (Phi) is 5.99. The quantitative estimate of drug-likeness (QED) is 0.557. The minimum atomic E-state index is -1.54. The molecule has 0 bridgehead atoms. The van der Waals surface area contributed by atoms with Crippen LogP contribution in [-0.4, -0.2) is 39.5 Å². The smallest absolute Gasteiger partial charge is 0.407 e. The zero-order valence-corrected chi connectivity index (χ0v) is 12.9. The molecule has 1 amide bonds. The van der Waals surface area contributed by atoms with Crippen LogP contribution in [0, 0.1) is 15.9 Å². The molecule has 3 N–H and O–H groups in total. The summed E-state index contributed by atoms with van der Waals surface area (Å²) in [5, 5.41) is 32.7. The van der Waals surface area contributed by atoms with Crippen LogP contribution in [0.5, 0.6) is 0 Å². The van der Waals surface area contributed by atoms with Crippen molar-refractivity contribution < 1.29 is 29.1 Å². The van der Waals surface area contributed by atoms with E-state index in [-0.39, 0.29) is 12.1 Å². The number of aliphatic hydroxyl groups excluding tert-OH is 2. The molecule has 0 saturated heterocycles. The zero-order chi connectivity index (χ0) is 17.8. The van der Waals surface area contributed by atoms with E-state index < -0.39 is 40.3 Å². The van der Waals surface area contributed by atoms with Gasteiger partial charge in [0.25, 0.3) is 0 Å². The van der Waals surface area contributed by atoms with Gasteiger partial charge in [-0.3, -0.25) is 10.1 Å². The van der Waals surface area contributed by atoms with Crippen molar-refractivity contribution >= 4 is 11.8 Å². The number of hydrogen-bond donors (Lipinski definition) is 3. The van der Waals surface area contributed by atoms with Crippen molar-refractivity contribution in [3.63, 3.8) is 0 Å². The Morgan fingerprint density at radius 1 is 1.43 bits per heavy atom. The molecular formula is C14H19FN2O6. The average Bonchev–Trinajstić information content (AvgIpc) is 2.42. The first kappa shape index (κ1) is 18.8. The van der Waals surface area contributed by atoms with Crippen molar-refractivity contribution in [3.05, 3.63) is 39.7 Å². The first-order chi connectivity index (χ1) is 10.5. The molecule has 23 heavy (non-hydrogen) atoms. The number of aliphatic hydroxyl groups is 2. The maximum absolute atomic E-state index is 13.2. The summed E-state index contributed by atoms with van der Waals surface area (Å²) in [5.41, 5.74) is -1.57. The number of alkyl carbamates (subject to hydrolysis) is 1. The first-order valence-electron chi connectivity index (χ1n) is 6.78. The second-order valence-corrected chi connectivity index (χ2v) is 5.86. The van der Waals surface area contributed by atoms with Crippen molar-refractivity contribution in [2.75, 3.05) is 6.54 Å². The van der Waals surface area contributed by atoms with E-state index in [1.807, 2.05) is 0 Å². The highest BCUT2D eigenvalue weighted by atomic mass is 19.1. The van der Waals surface area contributed by atoms with Crippen molar-refractivity contribution in [2.45, 2.75) is 38.6 Å². The Balaban J connectivity index is 2.70. The normalized spacial score (nSPS) is 14.0. The topological polar surface area (TPSA) is 122 Å². The van der Waals surface area contributed by atoms with E-state index in [1.165, 1.54) is 0 Å². The number of nitrogens with one attached hydrogen (secondary N) is 1. The van der Waals surface area contributed by atoms with Crippen molar-refractivity contribution in [1.29, 1.82) is 0 Å². The summed E-state index contributed by atoms with van der Waals surface area (Å²) in [6.07, 6.45) is -3.77. The molecule has 0 fully saturated rings. The molecule has 0 aliphatic rings. The van der Waals surface area contributed by atoms with Crippen LogP contribution in [0.25, 0.3) is 0 Å². The standard InChI is InChI=1S/C14H19FN2O6/c1-14(2,3)23-13(20)16-7-11(18)12(19)8-4-5-9(15)10(6-8)17(21)22/h4-6,11-12,18-19H,7H2,1-3H3,(H,16,20). The summed E-state index contributed by atoms with van der Waals surface area (Å²) in [6, 6.07) is 2.77. The van der Waals surface area contributed by atoms with Crippen LogP contribution in [0.15, 0.2) is 18.2 Å². The molecule has 1 aromatic carbocycles. The molecule has 1 aromatic rings. The van der Waals surface area contributed by atoms with E-state index in [2.05, 4.69) is 5.32 Å². The Hall–Kier alpha value is -2.26. The van der Waals surface area contributed by atoms with Gasteiger partial charge >= 0.3 is 11.8 Å². The lowest BCUT2D eigenvalue weighted by molar-refractivity contribution is -0.387. The van der Waals surface area contributed by atoms with Crippen molar-refractivity contribution in [1.82, 2.24) is 5.32 Å². The summed E-state index contributed by atoms with van der Waals surface area (Å²) >= 11 is 0. The molecule has 0 saturated carbocycles. The molecule has 0 heterocycles. The predicted molar refractivity (Wildman–Crippen MR) is 78.3 cm³/mol. The van der Waals surface area contributed by atoms with E-state index in [1.54, 1.807) is 20.8 Å². The van der Waals surface area contributed by atoms with E-state index in [0.717, 1.165) is 18.2 Å². The zero-order valence-electron chi connectivity index (χ0n) is 12.9. The highest BCUT2D eigenvalue weighted by molar-refractivity contribution is 5.67. The lowest BCUT2D eigenvalue weighted by atomic mass is 10.0. The monoisotopic (exact) mass is 330 g/mol. The second-order valence-electron chi connectivity index (χ2n) is 5.86. The molecule has 8 nitrogen and oxygen atoms in total. The Bertz CT molecular complexity index is 587. The largest absolute Gasteiger partial charge is 0.444 e. The number of halogens is 1. The van der Waals surface area contributed by atoms with Crippen molar-refractivity contribution in [2.24, 2.45) is 0 Å². The Morgan fingerprint density at radius 3 is 2.57 bits per heavy atom. The van der Waals surface area contributed by atoms with Gasteiger partial charge in [0.05, 0.1) is 4.92 Å². The van der Waals surface area contributed by atoms with E-state index in [9.17, 15) is 29.5 Å². The molecule has 0 aliphatic heterocycles. The molecular weight excluding hydrogens is 311 g/mol. The van der Waals surface area contributed by atoms with E-state index >= 15 is 0 Å². The van der Waals surface area contributed by atoms with Gasteiger partial charge in [-0.1, -0.05) is 6.07 Å². The van der Waals surface area contributed by atoms with Crippen LogP contribution in [-0.2, 0) is 4.74 Å². The highest BCUT2D eigenvalue weighted by Crippen LogP contribution is 2.24. The number of ether oxygens (including phenoxy) is 1. The van der Waals surface area contributed by atoms with Gasteiger partial charge < -0.3 is 20.3 Å². The highest BCUT2D eigenvalue weighted by Gasteiger charge is 2.24. The number of nitro groups is 1. The second kappa shape index (κ2) is 7.34. The molecule has 1 rings (SSSR count). The average molecular weight is 330 g/mol. The molecule has 2 unspecified atom stereocenters. The summed E-state index contributed by atoms with van der Waals surface area (Å²) in [7, 11) is 0. The lowest BCUT2D eigenvalue weighted by Crippen LogP contribution is -2.38. The molecule has 128 valence electrons. The van der Waals surface area contributed by atoms with Gasteiger partial charge in [0.15, 0.2) is 0 Å².